The van der Waals surface area contributed by atoms with Gasteiger partial charge in [-0.2, -0.15) is 0 Å². The number of nitrogens with zero attached hydrogens (tertiary/aromatic N) is 1. The average molecular weight is 426 g/mol. The van der Waals surface area contributed by atoms with Gasteiger partial charge in [0, 0.05) is 12.3 Å². The molecule has 0 saturated carbocycles. The normalized spacial score (nSPS) is 28.3. The summed E-state index contributed by atoms with van der Waals surface area (Å²) in [7, 11) is -10.8. The second-order valence-corrected chi connectivity index (χ2v) is 7.67. The first-order chi connectivity index (χ1) is 11.4. The van der Waals surface area contributed by atoms with Crippen molar-refractivity contribution in [3.63, 3.8) is 0 Å². The summed E-state index contributed by atoms with van der Waals surface area (Å²) < 4.78 is 35.2. The molecule has 2 heterocycles. The van der Waals surface area contributed by atoms with E-state index in [1.807, 2.05) is 4.98 Å². The number of aromatic amines is 1. The van der Waals surface area contributed by atoms with Gasteiger partial charge in [-0.25, -0.2) is 13.7 Å². The molecule has 1 aliphatic heterocycles. The van der Waals surface area contributed by atoms with Crippen LogP contribution in [0.25, 0.3) is 0 Å². The van der Waals surface area contributed by atoms with Crippen molar-refractivity contribution in [2.45, 2.75) is 24.5 Å². The van der Waals surface area contributed by atoms with Crippen LogP contribution < -0.4 is 45.7 Å². The number of aromatic nitrogens is 2. The third kappa shape index (κ3) is 6.17. The number of hydrogen-bond donors (Lipinski definition) is 5. The van der Waals surface area contributed by atoms with Crippen molar-refractivity contribution in [3.8, 4) is 0 Å². The molecule has 1 fully saturated rings. The molecule has 26 heavy (non-hydrogen) atoms. The zero-order chi connectivity index (χ0) is 19.0. The van der Waals surface area contributed by atoms with Crippen LogP contribution in [0.2, 0.25) is 0 Å². The molecular weight excluding hydrogens is 413 g/mol. The molecule has 1 aromatic heterocycles. The Morgan fingerprint density at radius 2 is 1.88 bits per heavy atom. The minimum absolute atomic E-state index is 0. The van der Waals surface area contributed by atoms with E-state index < -0.39 is 58.0 Å². The van der Waals surface area contributed by atoms with Crippen LogP contribution >= 0.6 is 15.6 Å². The predicted octanol–water partition coefficient (Wildman–Crippen LogP) is -6.25. The van der Waals surface area contributed by atoms with Crippen molar-refractivity contribution in [2.75, 3.05) is 6.61 Å². The molecule has 5 unspecified atom stereocenters. The maximum Gasteiger partial charge on any atom is 1.00 e. The molecule has 1 aromatic rings. The number of H-pyrrole nitrogens is 1. The third-order valence-electron chi connectivity index (χ3n) is 3.07. The molecule has 0 aliphatic carbocycles. The van der Waals surface area contributed by atoms with E-state index in [2.05, 4.69) is 8.83 Å². The van der Waals surface area contributed by atoms with Crippen LogP contribution in [0.5, 0.6) is 0 Å². The van der Waals surface area contributed by atoms with Gasteiger partial charge < -0.3 is 34.2 Å². The standard InChI is InChI=1S/C9H14N2O12P2.Na/c12-5-1-2-11(9(15)10-5)8-7(14)6(13)4(22-8)3-21-25(19,20)23-24(16,17)18;/h1-2,4,6-8,13-14H,3H2,(H,19,20)(H,10,12,15)(H2,16,17,18);/q;+1/p-1. The van der Waals surface area contributed by atoms with Crippen molar-refractivity contribution >= 4 is 15.6 Å². The molecule has 2 rings (SSSR count). The van der Waals surface area contributed by atoms with Gasteiger partial charge in [0.1, 0.15) is 18.3 Å². The predicted molar refractivity (Wildman–Crippen MR) is 73.9 cm³/mol. The Morgan fingerprint density at radius 3 is 2.42 bits per heavy atom. The van der Waals surface area contributed by atoms with Gasteiger partial charge in [0.25, 0.3) is 13.4 Å². The quantitative estimate of drug-likeness (QED) is 0.212. The van der Waals surface area contributed by atoms with Crippen molar-refractivity contribution in [1.29, 1.82) is 0 Å². The number of rotatable bonds is 6. The monoisotopic (exact) mass is 426 g/mol. The molecule has 17 heteroatoms. The molecule has 5 N–H and O–H groups in total. The zero-order valence-corrected chi connectivity index (χ0v) is 16.9. The van der Waals surface area contributed by atoms with Crippen molar-refractivity contribution in [1.82, 2.24) is 9.55 Å². The second kappa shape index (κ2) is 8.88. The van der Waals surface area contributed by atoms with Gasteiger partial charge in [-0.15, -0.1) is 0 Å². The van der Waals surface area contributed by atoms with Crippen molar-refractivity contribution in [2.24, 2.45) is 0 Å². The molecular formula is C9H13N2NaO12P2. The van der Waals surface area contributed by atoms with Gasteiger partial charge in [-0.05, 0) is 0 Å². The molecule has 0 radical (unpaired) electrons. The molecule has 1 saturated heterocycles. The Bertz CT molecular complexity index is 834. The summed E-state index contributed by atoms with van der Waals surface area (Å²) in [5.41, 5.74) is -1.67. The first kappa shape index (κ1) is 23.9. The Balaban J connectivity index is 0.00000338. The summed E-state index contributed by atoms with van der Waals surface area (Å²) in [6, 6.07) is 0.952. The van der Waals surface area contributed by atoms with E-state index in [1.54, 1.807) is 0 Å². The van der Waals surface area contributed by atoms with E-state index >= 15 is 0 Å². The molecule has 142 valence electrons. The average Bonchev–Trinajstić information content (AvgIpc) is 2.71. The first-order valence-electron chi connectivity index (χ1n) is 6.45. The van der Waals surface area contributed by atoms with E-state index in [-0.39, 0.29) is 29.6 Å². The first-order valence-corrected chi connectivity index (χ1v) is 9.44. The number of ether oxygens (including phenoxy) is 1. The number of hydrogen-bond acceptors (Lipinski definition) is 10. The summed E-state index contributed by atoms with van der Waals surface area (Å²) >= 11 is 0. The smallest absolute Gasteiger partial charge is 0.756 e. The molecule has 0 amide bonds. The van der Waals surface area contributed by atoms with Crippen LogP contribution in [0.3, 0.4) is 0 Å². The van der Waals surface area contributed by atoms with Gasteiger partial charge in [0.2, 0.25) is 0 Å². The fourth-order valence-electron chi connectivity index (χ4n) is 2.04. The van der Waals surface area contributed by atoms with E-state index in [0.717, 1.165) is 16.8 Å². The van der Waals surface area contributed by atoms with Crippen LogP contribution in [0, 0.1) is 0 Å². The topological polar surface area (TPSA) is 221 Å². The van der Waals surface area contributed by atoms with Crippen LogP contribution in [0.15, 0.2) is 21.9 Å². The Kier molecular flexibility index (Phi) is 8.15. The van der Waals surface area contributed by atoms with E-state index in [0.29, 0.717) is 0 Å². The molecule has 14 nitrogen and oxygen atoms in total. The van der Waals surface area contributed by atoms with E-state index in [4.69, 9.17) is 14.5 Å². The SMILES string of the molecule is O=c1ccn(C2OC(COP(=O)([O-])OP(=O)(O)O)C(O)C2O)c(=O)[nH]1.[Na+]. The largest absolute Gasteiger partial charge is 1.00 e. The van der Waals surface area contributed by atoms with Gasteiger partial charge in [0.15, 0.2) is 6.23 Å². The number of phosphoric ester groups is 1. The zero-order valence-electron chi connectivity index (χ0n) is 13.1. The third-order valence-corrected chi connectivity index (χ3v) is 5.18. The molecule has 0 aromatic carbocycles. The molecule has 1 aliphatic rings. The van der Waals surface area contributed by atoms with E-state index in [1.165, 1.54) is 0 Å². The van der Waals surface area contributed by atoms with Crippen LogP contribution in [-0.4, -0.2) is 54.5 Å². The molecule has 5 atom stereocenters. The maximum atomic E-state index is 11.7. The van der Waals surface area contributed by atoms with Crippen LogP contribution in [-0.2, 0) is 22.7 Å². The van der Waals surface area contributed by atoms with Gasteiger partial charge in [-0.1, -0.05) is 0 Å². The fourth-order valence-corrected chi connectivity index (χ4v) is 3.60. The maximum absolute atomic E-state index is 11.7. The van der Waals surface area contributed by atoms with Gasteiger partial charge >= 0.3 is 43.1 Å². The van der Waals surface area contributed by atoms with Crippen LogP contribution in [0.1, 0.15) is 6.23 Å². The van der Waals surface area contributed by atoms with Crippen molar-refractivity contribution in [3.05, 3.63) is 33.1 Å². The molecule has 0 bridgehead atoms. The molecule has 0 spiro atoms. The Labute approximate surface area is 166 Å². The summed E-state index contributed by atoms with van der Waals surface area (Å²) in [6.45, 7) is -0.965. The van der Waals surface area contributed by atoms with Crippen LogP contribution in [0.4, 0.5) is 0 Å². The number of aliphatic hydroxyl groups is 2. The minimum atomic E-state index is -5.42. The van der Waals surface area contributed by atoms with Gasteiger partial charge in [0.05, 0.1) is 6.61 Å². The summed E-state index contributed by atoms with van der Waals surface area (Å²) in [5, 5.41) is 19.7. The van der Waals surface area contributed by atoms with E-state index in [9.17, 15) is 33.8 Å². The minimum Gasteiger partial charge on any atom is -0.756 e. The second-order valence-electron chi connectivity index (χ2n) is 4.88. The Hall–Kier alpha value is -0.180. The summed E-state index contributed by atoms with van der Waals surface area (Å²) in [5.74, 6) is 0. The summed E-state index contributed by atoms with van der Waals surface area (Å²) in [4.78, 5) is 52.7. The van der Waals surface area contributed by atoms with Gasteiger partial charge in [-0.3, -0.25) is 18.9 Å². The summed E-state index contributed by atoms with van der Waals surface area (Å²) in [6.07, 6.45) is -5.37. The number of nitrogens with one attached hydrogen (secondary N) is 1. The number of phosphoric acid groups is 2. The van der Waals surface area contributed by atoms with Crippen molar-refractivity contribution < 1.29 is 77.2 Å². The fraction of sp³-hybridized carbons (Fsp3) is 0.556. The number of aliphatic hydroxyl groups excluding tert-OH is 2. The Morgan fingerprint density at radius 1 is 1.27 bits per heavy atom.